The minimum Gasteiger partial charge on any atom is -0.741 e. The van der Waals surface area contributed by atoms with Crippen molar-refractivity contribution < 1.29 is 60.3 Å². The first kappa shape index (κ1) is 27.2. The van der Waals surface area contributed by atoms with Crippen LogP contribution < -0.4 is 4.57 Å². The second kappa shape index (κ2) is 10.2. The molecule has 4 atom stereocenters. The van der Waals surface area contributed by atoms with Gasteiger partial charge in [0, 0.05) is 6.07 Å². The lowest BCUT2D eigenvalue weighted by molar-refractivity contribution is -0.765. The van der Waals surface area contributed by atoms with Crippen LogP contribution in [0.1, 0.15) is 37.4 Å². The van der Waals surface area contributed by atoms with Crippen LogP contribution >= 0.6 is 0 Å². The first-order valence-electron chi connectivity index (χ1n) is 8.80. The summed E-state index contributed by atoms with van der Waals surface area (Å²) in [4.78, 5) is 12.1. The minimum atomic E-state index is -6.09. The molecule has 178 valence electrons. The maximum absolute atomic E-state index is 12.1. The van der Waals surface area contributed by atoms with E-state index < -0.39 is 52.7 Å². The van der Waals surface area contributed by atoms with Crippen LogP contribution in [0.15, 0.2) is 24.5 Å². The van der Waals surface area contributed by atoms with Gasteiger partial charge in [0.2, 0.25) is 0 Å². The van der Waals surface area contributed by atoms with Gasteiger partial charge in [0.15, 0.2) is 28.6 Å². The molecule has 2 heterocycles. The van der Waals surface area contributed by atoms with Crippen molar-refractivity contribution >= 4 is 16.1 Å². The second-order valence-corrected chi connectivity index (χ2v) is 9.18. The summed E-state index contributed by atoms with van der Waals surface area (Å²) in [6, 6.07) is 3.23. The molecule has 0 unspecified atom stereocenters. The van der Waals surface area contributed by atoms with E-state index in [-0.39, 0.29) is 12.0 Å². The largest absolute Gasteiger partial charge is 0.741 e. The van der Waals surface area contributed by atoms with Crippen LogP contribution in [0.2, 0.25) is 0 Å². The number of aliphatic hydroxyl groups is 3. The van der Waals surface area contributed by atoms with Crippen LogP contribution in [0.5, 0.6) is 0 Å². The number of hydrogen-bond acceptors (Lipinski definition) is 9. The molecular formula is C17H24F3NO9S. The monoisotopic (exact) mass is 475 g/mol. The van der Waals surface area contributed by atoms with Crippen LogP contribution in [0.4, 0.5) is 13.2 Å². The summed E-state index contributed by atoms with van der Waals surface area (Å²) in [5.41, 5.74) is -5.47. The fourth-order valence-corrected chi connectivity index (χ4v) is 2.26. The van der Waals surface area contributed by atoms with Crippen molar-refractivity contribution in [3.63, 3.8) is 0 Å². The van der Waals surface area contributed by atoms with E-state index in [1.165, 1.54) is 10.8 Å². The summed E-state index contributed by atoms with van der Waals surface area (Å²) in [6.07, 6.45) is -1.02. The Morgan fingerprint density at radius 1 is 1.26 bits per heavy atom. The zero-order chi connectivity index (χ0) is 24.2. The number of hydrogen-bond donors (Lipinski definition) is 3. The van der Waals surface area contributed by atoms with Gasteiger partial charge in [-0.05, 0) is 11.5 Å². The van der Waals surface area contributed by atoms with E-state index in [0.29, 0.717) is 5.56 Å². The van der Waals surface area contributed by atoms with Crippen molar-refractivity contribution in [1.29, 1.82) is 0 Å². The predicted molar refractivity (Wildman–Crippen MR) is 95.1 cm³/mol. The lowest BCUT2D eigenvalue weighted by Gasteiger charge is -2.17. The number of halogens is 3. The number of aliphatic hydroxyl groups excluding tert-OH is 3. The average Bonchev–Trinajstić information content (AvgIpc) is 2.93. The molecule has 0 amide bonds. The van der Waals surface area contributed by atoms with Gasteiger partial charge in [-0.1, -0.05) is 20.8 Å². The van der Waals surface area contributed by atoms with E-state index in [2.05, 4.69) is 0 Å². The summed E-state index contributed by atoms with van der Waals surface area (Å²) >= 11 is 0. The number of esters is 1. The number of pyridine rings is 1. The van der Waals surface area contributed by atoms with Gasteiger partial charge in [-0.3, -0.25) is 0 Å². The number of alkyl halides is 3. The van der Waals surface area contributed by atoms with E-state index in [4.69, 9.17) is 27.6 Å². The predicted octanol–water partition coefficient (Wildman–Crippen LogP) is -0.160. The molecule has 1 aliphatic rings. The van der Waals surface area contributed by atoms with Crippen molar-refractivity contribution in [3.8, 4) is 0 Å². The number of rotatable bonds is 4. The van der Waals surface area contributed by atoms with Gasteiger partial charge in [-0.2, -0.15) is 17.7 Å². The van der Waals surface area contributed by atoms with Gasteiger partial charge in [0.05, 0.1) is 13.2 Å². The molecule has 14 heteroatoms. The van der Waals surface area contributed by atoms with E-state index >= 15 is 0 Å². The lowest BCUT2D eigenvalue weighted by atomic mass is 9.99. The fourth-order valence-electron chi connectivity index (χ4n) is 2.26. The molecule has 0 radical (unpaired) electrons. The van der Waals surface area contributed by atoms with Crippen LogP contribution in [0.25, 0.3) is 0 Å². The number of carbonyl (C=O) groups is 1. The Bertz CT molecular complexity index is 855. The number of carbonyl (C=O) groups excluding carboxylic acids is 1. The topological polar surface area (TPSA) is 157 Å². The van der Waals surface area contributed by atoms with Crippen LogP contribution in [-0.4, -0.2) is 71.3 Å². The Hall–Kier alpha value is -1.84. The highest BCUT2D eigenvalue weighted by atomic mass is 32.2. The smallest absolute Gasteiger partial charge is 0.485 e. The summed E-state index contributed by atoms with van der Waals surface area (Å²) in [6.45, 7) is 5.77. The van der Waals surface area contributed by atoms with Gasteiger partial charge in [0.1, 0.15) is 17.8 Å². The van der Waals surface area contributed by atoms with Crippen molar-refractivity contribution in [3.05, 3.63) is 30.1 Å². The zero-order valence-corrected chi connectivity index (χ0v) is 17.6. The molecule has 10 nitrogen and oxygen atoms in total. The molecule has 3 N–H and O–H groups in total. The van der Waals surface area contributed by atoms with Crippen molar-refractivity contribution in [2.75, 3.05) is 13.2 Å². The molecule has 0 bridgehead atoms. The summed E-state index contributed by atoms with van der Waals surface area (Å²) in [5.74, 6) is -0.471. The Morgan fingerprint density at radius 3 is 2.23 bits per heavy atom. The van der Waals surface area contributed by atoms with Gasteiger partial charge in [0.25, 0.3) is 6.23 Å². The van der Waals surface area contributed by atoms with Crippen molar-refractivity contribution in [1.82, 2.24) is 0 Å². The highest BCUT2D eigenvalue weighted by Crippen LogP contribution is 2.25. The molecule has 1 fully saturated rings. The molecule has 0 aromatic carbocycles. The molecular weight excluding hydrogens is 451 g/mol. The summed E-state index contributed by atoms with van der Waals surface area (Å²) in [7, 11) is -6.09. The van der Waals surface area contributed by atoms with Gasteiger partial charge in [-0.15, -0.1) is 0 Å². The van der Waals surface area contributed by atoms with Crippen LogP contribution in [0, 0.1) is 5.41 Å². The molecule has 2 rings (SSSR count). The second-order valence-electron chi connectivity index (χ2n) is 7.81. The standard InChI is InChI=1S/C16H24NO6.CHF3O3S/c1-16(2,3)9-22-15(21)10-5-4-6-17(7-10)14-13(20)12(19)11(8-18)23-14;2-1(3,4)8(5,6)7/h4-7,11-14,18-20H,8-9H2,1-3H3;(H,5,6,7)/q+1;/p-1/t11-,12-,13-,14-;/m1./s1. The van der Waals surface area contributed by atoms with E-state index in [1.807, 2.05) is 20.8 Å². The van der Waals surface area contributed by atoms with Crippen molar-refractivity contribution in [2.24, 2.45) is 5.41 Å². The van der Waals surface area contributed by atoms with Gasteiger partial charge >= 0.3 is 11.5 Å². The minimum absolute atomic E-state index is 0.135. The quantitative estimate of drug-likeness (QED) is 0.233. The number of ether oxygens (including phenoxy) is 2. The summed E-state index contributed by atoms with van der Waals surface area (Å²) < 4.78 is 71.1. The molecule has 1 saturated heterocycles. The summed E-state index contributed by atoms with van der Waals surface area (Å²) in [5, 5.41) is 29.0. The maximum atomic E-state index is 12.1. The third kappa shape index (κ3) is 7.97. The third-order valence-electron chi connectivity index (χ3n) is 3.79. The molecule has 0 aliphatic carbocycles. The molecule has 0 saturated carbocycles. The first-order valence-corrected chi connectivity index (χ1v) is 10.2. The molecule has 1 aromatic rings. The fraction of sp³-hybridized carbons (Fsp3) is 0.647. The van der Waals surface area contributed by atoms with E-state index in [9.17, 15) is 28.2 Å². The Labute approximate surface area is 176 Å². The zero-order valence-electron chi connectivity index (χ0n) is 16.8. The van der Waals surface area contributed by atoms with Crippen LogP contribution in [0.3, 0.4) is 0 Å². The molecule has 1 aliphatic heterocycles. The average molecular weight is 475 g/mol. The van der Waals surface area contributed by atoms with E-state index in [0.717, 1.165) is 0 Å². The Morgan fingerprint density at radius 2 is 1.81 bits per heavy atom. The number of aromatic nitrogens is 1. The normalized spacial score (nSPS) is 24.3. The molecule has 31 heavy (non-hydrogen) atoms. The Balaban J connectivity index is 0.000000512. The molecule has 0 spiro atoms. The first-order chi connectivity index (χ1) is 14.0. The molecule has 1 aromatic heterocycles. The van der Waals surface area contributed by atoms with Gasteiger partial charge < -0.3 is 29.3 Å². The SMILES string of the molecule is CC(C)(C)COC(=O)c1ccc[n+]([C@@H]2O[C@H](CO)[C@@H](O)[C@H]2O)c1.O=S(=O)([O-])C(F)(F)F. The van der Waals surface area contributed by atoms with Crippen LogP contribution in [-0.2, 0) is 19.6 Å². The number of nitrogens with zero attached hydrogens (tertiary/aromatic N) is 1. The highest BCUT2D eigenvalue weighted by Gasteiger charge is 2.48. The van der Waals surface area contributed by atoms with E-state index in [1.54, 1.807) is 18.3 Å². The van der Waals surface area contributed by atoms with Gasteiger partial charge in [-0.25, -0.2) is 13.2 Å². The lowest BCUT2D eigenvalue weighted by Crippen LogP contribution is -2.46. The third-order valence-corrected chi connectivity index (χ3v) is 4.36. The Kier molecular flexibility index (Phi) is 8.94. The maximum Gasteiger partial charge on any atom is 0.485 e. The highest BCUT2D eigenvalue weighted by molar-refractivity contribution is 7.86. The van der Waals surface area contributed by atoms with Crippen molar-refractivity contribution in [2.45, 2.75) is 50.8 Å².